The van der Waals surface area contributed by atoms with E-state index in [4.69, 9.17) is 10.8 Å². The Hall–Kier alpha value is -1.59. The third-order valence-corrected chi connectivity index (χ3v) is 2.53. The van der Waals surface area contributed by atoms with E-state index < -0.39 is 0 Å². The molecule has 5 heteroatoms. The summed E-state index contributed by atoms with van der Waals surface area (Å²) in [6, 6.07) is 7.16. The minimum absolute atomic E-state index is 0.106. The predicted molar refractivity (Wildman–Crippen MR) is 67.3 cm³/mol. The summed E-state index contributed by atoms with van der Waals surface area (Å²) in [5, 5.41) is 7.35. The Kier molecular flexibility index (Phi) is 5.45. The molecule has 0 atom stereocenters. The molecule has 5 N–H and O–H groups in total. The van der Waals surface area contributed by atoms with Crippen LogP contribution in [-0.4, -0.2) is 35.7 Å². The van der Waals surface area contributed by atoms with E-state index in [1.807, 2.05) is 17.0 Å². The maximum atomic E-state index is 11.9. The molecule has 0 bridgehead atoms. The molecule has 5 nitrogen and oxygen atoms in total. The first-order chi connectivity index (χ1) is 8.19. The highest BCUT2D eigenvalue weighted by Crippen LogP contribution is 2.14. The van der Waals surface area contributed by atoms with Crippen LogP contribution in [0.5, 0.6) is 0 Å². The molecular formula is C12H19N3O2. The lowest BCUT2D eigenvalue weighted by molar-refractivity contribution is 0.0793. The molecule has 1 amide bonds. The summed E-state index contributed by atoms with van der Waals surface area (Å²) < 4.78 is 0. The molecule has 1 saturated heterocycles. The predicted octanol–water partition coefficient (Wildman–Crippen LogP) is 0.400. The smallest absolute Gasteiger partial charge is 0.253 e. The van der Waals surface area contributed by atoms with E-state index in [2.05, 4.69) is 5.73 Å². The van der Waals surface area contributed by atoms with Crippen LogP contribution in [0.1, 0.15) is 23.2 Å². The molecule has 0 radical (unpaired) electrons. The zero-order chi connectivity index (χ0) is 12.7. The average molecular weight is 237 g/mol. The van der Waals surface area contributed by atoms with Crippen LogP contribution in [0.2, 0.25) is 0 Å². The number of nitrogen functional groups attached to an aromatic ring is 1. The summed E-state index contributed by atoms with van der Waals surface area (Å²) in [5.74, 6) is 0.106. The van der Waals surface area contributed by atoms with E-state index in [1.165, 1.54) is 0 Å². The number of benzene rings is 1. The first kappa shape index (κ1) is 13.5. The number of carbonyl (C=O) groups excluding carboxylic acids is 1. The van der Waals surface area contributed by atoms with Gasteiger partial charge in [-0.05, 0) is 31.0 Å². The SMILES string of the molecule is NCO.Nc1cccc(C(=O)N2CCCC2)c1. The van der Waals surface area contributed by atoms with Crippen LogP contribution >= 0.6 is 0 Å². The number of amides is 1. The van der Waals surface area contributed by atoms with Crippen molar-refractivity contribution in [1.82, 2.24) is 4.90 Å². The van der Waals surface area contributed by atoms with Crippen LogP contribution in [0.15, 0.2) is 24.3 Å². The lowest BCUT2D eigenvalue weighted by Crippen LogP contribution is -2.27. The molecule has 1 heterocycles. The van der Waals surface area contributed by atoms with E-state index in [9.17, 15) is 4.79 Å². The van der Waals surface area contributed by atoms with Gasteiger partial charge in [-0.3, -0.25) is 4.79 Å². The molecule has 1 aromatic rings. The van der Waals surface area contributed by atoms with Crippen molar-refractivity contribution in [3.8, 4) is 0 Å². The Morgan fingerprint density at radius 2 is 1.94 bits per heavy atom. The van der Waals surface area contributed by atoms with Gasteiger partial charge >= 0.3 is 0 Å². The van der Waals surface area contributed by atoms with Crippen LogP contribution in [-0.2, 0) is 0 Å². The number of rotatable bonds is 1. The highest BCUT2D eigenvalue weighted by atomic mass is 16.3. The van der Waals surface area contributed by atoms with Gasteiger partial charge in [0, 0.05) is 24.3 Å². The maximum absolute atomic E-state index is 11.9. The van der Waals surface area contributed by atoms with Gasteiger partial charge in [-0.25, -0.2) is 0 Å². The number of aliphatic hydroxyl groups is 1. The largest absolute Gasteiger partial charge is 0.399 e. The normalized spacial score (nSPS) is 14.1. The van der Waals surface area contributed by atoms with E-state index in [0.717, 1.165) is 25.9 Å². The summed E-state index contributed by atoms with van der Waals surface area (Å²) in [7, 11) is 0. The second-order valence-electron chi connectivity index (χ2n) is 3.81. The molecule has 0 aromatic heterocycles. The Bertz CT molecular complexity index is 363. The van der Waals surface area contributed by atoms with Gasteiger partial charge in [0.2, 0.25) is 0 Å². The topological polar surface area (TPSA) is 92.6 Å². The Morgan fingerprint density at radius 3 is 2.47 bits per heavy atom. The summed E-state index contributed by atoms with van der Waals surface area (Å²) in [6.45, 7) is 1.52. The van der Waals surface area contributed by atoms with Crippen LogP contribution < -0.4 is 11.5 Å². The Morgan fingerprint density at radius 1 is 1.35 bits per heavy atom. The first-order valence-corrected chi connectivity index (χ1v) is 5.64. The molecule has 1 aliphatic rings. The minimum atomic E-state index is -0.250. The number of aliphatic hydroxyl groups excluding tert-OH is 1. The summed E-state index contributed by atoms with van der Waals surface area (Å²) >= 11 is 0. The van der Waals surface area contributed by atoms with Gasteiger partial charge < -0.3 is 21.5 Å². The minimum Gasteiger partial charge on any atom is -0.399 e. The molecule has 0 spiro atoms. The molecule has 17 heavy (non-hydrogen) atoms. The fraction of sp³-hybridized carbons (Fsp3) is 0.417. The third kappa shape index (κ3) is 4.05. The van der Waals surface area contributed by atoms with E-state index in [1.54, 1.807) is 12.1 Å². The second-order valence-corrected chi connectivity index (χ2v) is 3.81. The van der Waals surface area contributed by atoms with Gasteiger partial charge in [-0.15, -0.1) is 0 Å². The molecule has 0 saturated carbocycles. The van der Waals surface area contributed by atoms with Crippen LogP contribution in [0.3, 0.4) is 0 Å². The zero-order valence-electron chi connectivity index (χ0n) is 9.80. The summed E-state index contributed by atoms with van der Waals surface area (Å²) in [6.07, 6.45) is 2.24. The van der Waals surface area contributed by atoms with Crippen LogP contribution in [0.4, 0.5) is 5.69 Å². The lowest BCUT2D eigenvalue weighted by atomic mass is 10.2. The Balaban J connectivity index is 0.000000437. The van der Waals surface area contributed by atoms with Gasteiger partial charge in [0.15, 0.2) is 0 Å². The number of nitrogens with two attached hydrogens (primary N) is 2. The summed E-state index contributed by atoms with van der Waals surface area (Å²) in [4.78, 5) is 13.8. The zero-order valence-corrected chi connectivity index (χ0v) is 9.80. The molecule has 0 unspecified atom stereocenters. The van der Waals surface area contributed by atoms with E-state index in [-0.39, 0.29) is 12.6 Å². The number of likely N-dealkylation sites (tertiary alicyclic amines) is 1. The maximum Gasteiger partial charge on any atom is 0.253 e. The van der Waals surface area contributed by atoms with Crippen molar-refractivity contribution >= 4 is 11.6 Å². The molecule has 1 aliphatic heterocycles. The average Bonchev–Trinajstić information content (AvgIpc) is 2.82. The molecule has 2 rings (SSSR count). The van der Waals surface area contributed by atoms with Crippen LogP contribution in [0.25, 0.3) is 0 Å². The van der Waals surface area contributed by atoms with Gasteiger partial charge in [-0.2, -0.15) is 0 Å². The van der Waals surface area contributed by atoms with Crippen molar-refractivity contribution in [2.75, 3.05) is 25.6 Å². The van der Waals surface area contributed by atoms with Crippen molar-refractivity contribution in [1.29, 1.82) is 0 Å². The van der Waals surface area contributed by atoms with Crippen molar-refractivity contribution < 1.29 is 9.90 Å². The van der Waals surface area contributed by atoms with Crippen molar-refractivity contribution in [2.45, 2.75) is 12.8 Å². The quantitative estimate of drug-likeness (QED) is 0.487. The molecular weight excluding hydrogens is 218 g/mol. The summed E-state index contributed by atoms with van der Waals surface area (Å²) in [5.41, 5.74) is 11.4. The molecule has 0 aliphatic carbocycles. The van der Waals surface area contributed by atoms with Crippen molar-refractivity contribution in [2.24, 2.45) is 5.73 Å². The monoisotopic (exact) mass is 237 g/mol. The third-order valence-electron chi connectivity index (χ3n) is 2.53. The van der Waals surface area contributed by atoms with Gasteiger partial charge in [0.05, 0.1) is 6.73 Å². The number of hydrogen-bond donors (Lipinski definition) is 3. The highest BCUT2D eigenvalue weighted by Gasteiger charge is 2.18. The van der Waals surface area contributed by atoms with Crippen LogP contribution in [0, 0.1) is 0 Å². The molecule has 94 valence electrons. The van der Waals surface area contributed by atoms with Crippen molar-refractivity contribution in [3.63, 3.8) is 0 Å². The highest BCUT2D eigenvalue weighted by molar-refractivity contribution is 5.95. The lowest BCUT2D eigenvalue weighted by Gasteiger charge is -2.15. The van der Waals surface area contributed by atoms with E-state index >= 15 is 0 Å². The number of carbonyl (C=O) groups is 1. The molecule has 1 aromatic carbocycles. The Labute approximate surface area is 101 Å². The van der Waals surface area contributed by atoms with Gasteiger partial charge in [0.25, 0.3) is 5.91 Å². The fourth-order valence-electron chi connectivity index (χ4n) is 1.77. The number of nitrogens with zero attached hydrogens (tertiary/aromatic N) is 1. The van der Waals surface area contributed by atoms with E-state index in [0.29, 0.717) is 11.3 Å². The van der Waals surface area contributed by atoms with Crippen molar-refractivity contribution in [3.05, 3.63) is 29.8 Å². The molecule has 1 fully saturated rings. The second kappa shape index (κ2) is 6.88. The van der Waals surface area contributed by atoms with Gasteiger partial charge in [0.1, 0.15) is 0 Å². The van der Waals surface area contributed by atoms with Gasteiger partial charge in [-0.1, -0.05) is 6.07 Å². The standard InChI is InChI=1S/C11H14N2O.CH5NO/c12-10-5-3-4-9(8-10)11(14)13-6-1-2-7-13;2-1-3/h3-5,8H,1-2,6-7,12H2;3H,1-2H2. The fourth-order valence-corrected chi connectivity index (χ4v) is 1.77. The number of anilines is 1. The number of hydrogen-bond acceptors (Lipinski definition) is 4. The first-order valence-electron chi connectivity index (χ1n) is 5.64.